The molecule has 5 unspecified atom stereocenters. The van der Waals surface area contributed by atoms with Gasteiger partial charge in [-0.2, -0.15) is 0 Å². The van der Waals surface area contributed by atoms with Gasteiger partial charge in [0.05, 0.1) is 6.10 Å². The number of nitrogens with two attached hydrogens (primary N) is 1. The van der Waals surface area contributed by atoms with Crippen molar-refractivity contribution in [3.8, 4) is 11.5 Å². The molecule has 12 nitrogen and oxygen atoms in total. The van der Waals surface area contributed by atoms with E-state index >= 15 is 0 Å². The Morgan fingerprint density at radius 2 is 1.16 bits per heavy atom. The number of benzene rings is 2. The molecule has 2 aromatic carbocycles. The number of aliphatic carboxylic acids is 1. The van der Waals surface area contributed by atoms with Gasteiger partial charge in [0.2, 0.25) is 17.7 Å². The van der Waals surface area contributed by atoms with E-state index < -0.39 is 54.0 Å². The summed E-state index contributed by atoms with van der Waals surface area (Å²) in [5.74, 6) is -3.59. The Balaban J connectivity index is 2.18. The highest BCUT2D eigenvalue weighted by Gasteiger charge is 2.29. The molecule has 0 aliphatic rings. The fourth-order valence-electron chi connectivity index (χ4n) is 3.31. The van der Waals surface area contributed by atoms with Gasteiger partial charge in [-0.3, -0.25) is 14.4 Å². The van der Waals surface area contributed by atoms with E-state index in [9.17, 15) is 39.6 Å². The van der Waals surface area contributed by atoms with Gasteiger partial charge in [0.25, 0.3) is 0 Å². The number of nitrogens with one attached hydrogen (secondary N) is 3. The van der Waals surface area contributed by atoms with Crippen molar-refractivity contribution in [3.05, 3.63) is 59.7 Å². The summed E-state index contributed by atoms with van der Waals surface area (Å²) in [5.41, 5.74) is 6.70. The number of phenols is 2. The maximum absolute atomic E-state index is 13.1. The molecule has 3 amide bonds. The van der Waals surface area contributed by atoms with Crippen LogP contribution in [0.25, 0.3) is 0 Å². The predicted octanol–water partition coefficient (Wildman–Crippen LogP) is -0.850. The highest BCUT2D eigenvalue weighted by Crippen LogP contribution is 2.13. The van der Waals surface area contributed by atoms with E-state index in [2.05, 4.69) is 16.0 Å². The van der Waals surface area contributed by atoms with Gasteiger partial charge in [0.15, 0.2) is 0 Å². The molecule has 0 heterocycles. The molecule has 200 valence electrons. The van der Waals surface area contributed by atoms with E-state index in [0.717, 1.165) is 0 Å². The van der Waals surface area contributed by atoms with Gasteiger partial charge in [-0.05, 0) is 49.2 Å². The van der Waals surface area contributed by atoms with Crippen LogP contribution in [0.15, 0.2) is 48.5 Å². The van der Waals surface area contributed by atoms with Gasteiger partial charge in [-0.15, -0.1) is 0 Å². The van der Waals surface area contributed by atoms with E-state index in [1.165, 1.54) is 50.2 Å². The first-order chi connectivity index (χ1) is 17.4. The molecule has 0 bridgehead atoms. The van der Waals surface area contributed by atoms with Crippen molar-refractivity contribution < 1.29 is 39.6 Å². The zero-order chi connectivity index (χ0) is 27.7. The number of carbonyl (C=O) groups excluding carboxylic acids is 3. The second-order valence-corrected chi connectivity index (χ2v) is 8.70. The third kappa shape index (κ3) is 9.09. The molecular weight excluding hydrogens is 484 g/mol. The van der Waals surface area contributed by atoms with E-state index in [-0.39, 0.29) is 24.3 Å². The summed E-state index contributed by atoms with van der Waals surface area (Å²) < 4.78 is 0. The smallest absolute Gasteiger partial charge is 0.326 e. The van der Waals surface area contributed by atoms with E-state index in [0.29, 0.717) is 11.1 Å². The van der Waals surface area contributed by atoms with Crippen molar-refractivity contribution in [2.75, 3.05) is 0 Å². The average molecular weight is 517 g/mol. The number of aliphatic hydroxyl groups excluding tert-OH is 1. The normalized spacial score (nSPS) is 14.9. The number of aromatic hydroxyl groups is 2. The number of hydrogen-bond donors (Lipinski definition) is 8. The van der Waals surface area contributed by atoms with Crippen LogP contribution in [0.1, 0.15) is 25.0 Å². The van der Waals surface area contributed by atoms with Crippen LogP contribution in [-0.2, 0) is 32.0 Å². The molecule has 37 heavy (non-hydrogen) atoms. The number of carboxylic acids is 1. The number of aliphatic hydroxyl groups is 1. The number of hydrogen-bond acceptors (Lipinski definition) is 8. The molecule has 2 rings (SSSR count). The number of amides is 3. The lowest BCUT2D eigenvalue weighted by atomic mass is 10.0. The Kier molecular flexibility index (Phi) is 10.4. The highest BCUT2D eigenvalue weighted by molar-refractivity contribution is 5.94. The first kappa shape index (κ1) is 29.1. The maximum Gasteiger partial charge on any atom is 0.326 e. The molecule has 0 spiro atoms. The van der Waals surface area contributed by atoms with Crippen molar-refractivity contribution >= 4 is 23.7 Å². The van der Waals surface area contributed by atoms with Crippen LogP contribution in [0.5, 0.6) is 11.5 Å². The quantitative estimate of drug-likeness (QED) is 0.176. The number of carboxylic acid groups (broad SMARTS) is 1. The highest BCUT2D eigenvalue weighted by atomic mass is 16.4. The summed E-state index contributed by atoms with van der Waals surface area (Å²) >= 11 is 0. The van der Waals surface area contributed by atoms with Crippen LogP contribution in [0.4, 0.5) is 0 Å². The van der Waals surface area contributed by atoms with Crippen molar-refractivity contribution in [2.45, 2.75) is 57.0 Å². The van der Waals surface area contributed by atoms with Crippen molar-refractivity contribution in [1.29, 1.82) is 0 Å². The zero-order valence-electron chi connectivity index (χ0n) is 20.4. The third-order valence-corrected chi connectivity index (χ3v) is 5.57. The lowest BCUT2D eigenvalue weighted by Gasteiger charge is -2.24. The Hall–Kier alpha value is -4.16. The summed E-state index contributed by atoms with van der Waals surface area (Å²) in [4.78, 5) is 49.8. The van der Waals surface area contributed by atoms with Crippen LogP contribution in [0, 0.1) is 0 Å². The van der Waals surface area contributed by atoms with Crippen LogP contribution >= 0.6 is 0 Å². The maximum atomic E-state index is 13.1. The average Bonchev–Trinajstić information content (AvgIpc) is 2.84. The molecule has 0 aliphatic heterocycles. The molecule has 2 aromatic rings. The fraction of sp³-hybridized carbons (Fsp3) is 0.360. The minimum atomic E-state index is -1.34. The lowest BCUT2D eigenvalue weighted by Crippen LogP contribution is -2.58. The second-order valence-electron chi connectivity index (χ2n) is 8.70. The van der Waals surface area contributed by atoms with Gasteiger partial charge >= 0.3 is 5.97 Å². The number of carbonyl (C=O) groups is 4. The molecule has 9 N–H and O–H groups in total. The van der Waals surface area contributed by atoms with E-state index in [1.807, 2.05) is 0 Å². The molecule has 0 radical (unpaired) electrons. The summed E-state index contributed by atoms with van der Waals surface area (Å²) in [6.45, 7) is 2.69. The summed E-state index contributed by atoms with van der Waals surface area (Å²) in [5, 5.41) is 45.4. The molecule has 0 saturated heterocycles. The Morgan fingerprint density at radius 1 is 0.730 bits per heavy atom. The van der Waals surface area contributed by atoms with Gasteiger partial charge in [-0.1, -0.05) is 24.3 Å². The minimum Gasteiger partial charge on any atom is -0.508 e. The van der Waals surface area contributed by atoms with E-state index in [1.54, 1.807) is 12.1 Å². The summed E-state index contributed by atoms with van der Waals surface area (Å²) in [6.07, 6.45) is -1.27. The first-order valence-corrected chi connectivity index (χ1v) is 11.5. The van der Waals surface area contributed by atoms with Crippen molar-refractivity contribution in [2.24, 2.45) is 5.73 Å². The zero-order valence-corrected chi connectivity index (χ0v) is 20.4. The SMILES string of the molecule is CC(NC(=O)C(N)C(C)O)C(=O)NC(Cc1ccc(O)cc1)C(=O)NC(Cc1ccc(O)cc1)C(=O)O. The van der Waals surface area contributed by atoms with E-state index in [4.69, 9.17) is 5.73 Å². The molecule has 5 atom stereocenters. The summed E-state index contributed by atoms with van der Waals surface area (Å²) in [6, 6.07) is 6.76. The molecule has 0 saturated carbocycles. The Labute approximate surface area is 213 Å². The largest absolute Gasteiger partial charge is 0.508 e. The first-order valence-electron chi connectivity index (χ1n) is 11.5. The lowest BCUT2D eigenvalue weighted by molar-refractivity contribution is -0.142. The fourth-order valence-corrected chi connectivity index (χ4v) is 3.31. The van der Waals surface area contributed by atoms with Gasteiger partial charge in [0, 0.05) is 12.8 Å². The second kappa shape index (κ2) is 13.2. The summed E-state index contributed by atoms with van der Waals surface area (Å²) in [7, 11) is 0. The van der Waals surface area contributed by atoms with Crippen LogP contribution in [0.2, 0.25) is 0 Å². The van der Waals surface area contributed by atoms with Crippen LogP contribution in [0.3, 0.4) is 0 Å². The Morgan fingerprint density at radius 3 is 1.59 bits per heavy atom. The molecule has 0 aromatic heterocycles. The van der Waals surface area contributed by atoms with Crippen LogP contribution < -0.4 is 21.7 Å². The van der Waals surface area contributed by atoms with Gasteiger partial charge < -0.3 is 42.1 Å². The Bertz CT molecular complexity index is 1090. The number of rotatable bonds is 12. The predicted molar refractivity (Wildman–Crippen MR) is 132 cm³/mol. The van der Waals surface area contributed by atoms with Gasteiger partial charge in [-0.25, -0.2) is 4.79 Å². The third-order valence-electron chi connectivity index (χ3n) is 5.57. The minimum absolute atomic E-state index is 0.000545. The molecule has 12 heteroatoms. The standard InChI is InChI=1S/C25H32N4O8/c1-13(27-24(35)21(26)14(2)30)22(33)28-19(11-15-3-7-17(31)8-4-15)23(34)29-20(25(36)37)12-16-5-9-18(32)10-6-16/h3-10,13-14,19-21,30-32H,11-12,26H2,1-2H3,(H,27,35)(H,28,33)(H,29,34)(H,36,37). The van der Waals surface area contributed by atoms with Gasteiger partial charge in [0.1, 0.15) is 35.7 Å². The van der Waals surface area contributed by atoms with Crippen molar-refractivity contribution in [3.63, 3.8) is 0 Å². The van der Waals surface area contributed by atoms with Crippen LogP contribution in [-0.4, -0.2) is 74.4 Å². The van der Waals surface area contributed by atoms with Crippen molar-refractivity contribution in [1.82, 2.24) is 16.0 Å². The monoisotopic (exact) mass is 516 g/mol. The molecular formula is C25H32N4O8. The molecule has 0 aliphatic carbocycles. The molecule has 0 fully saturated rings. The topological polar surface area (TPSA) is 211 Å². The number of phenolic OH excluding ortho intramolecular Hbond substituents is 2.